The van der Waals surface area contributed by atoms with Gasteiger partial charge in [-0.05, 0) is 29.8 Å². The molecule has 0 aliphatic rings. The van der Waals surface area contributed by atoms with Crippen molar-refractivity contribution in [1.82, 2.24) is 4.98 Å². The number of alkyl halides is 1. The summed E-state index contributed by atoms with van der Waals surface area (Å²) in [6.07, 6.45) is 0. The molecule has 102 valence electrons. The maximum atomic E-state index is 5.71. The first kappa shape index (κ1) is 13.2. The molecule has 0 unspecified atom stereocenters. The maximum absolute atomic E-state index is 5.71. The molecule has 0 fully saturated rings. The smallest absolute Gasteiger partial charge is 0.226 e. The second kappa shape index (κ2) is 5.65. The molecule has 0 saturated heterocycles. The number of nitrogens with zero attached hydrogens (tertiary/aromatic N) is 1. The SMILES string of the molecule is Cc1oc(-c2ccc3ccccc3c2)nc1COCCl. The summed E-state index contributed by atoms with van der Waals surface area (Å²) in [6.45, 7) is 2.25. The van der Waals surface area contributed by atoms with Crippen molar-refractivity contribution < 1.29 is 9.15 Å². The first-order valence-corrected chi connectivity index (χ1v) is 6.90. The van der Waals surface area contributed by atoms with Crippen molar-refractivity contribution in [2.45, 2.75) is 13.5 Å². The van der Waals surface area contributed by atoms with Crippen LogP contribution in [0, 0.1) is 6.92 Å². The summed E-state index contributed by atoms with van der Waals surface area (Å²) in [5.41, 5.74) is 1.75. The number of aromatic nitrogens is 1. The van der Waals surface area contributed by atoms with Crippen LogP contribution in [0.25, 0.3) is 22.2 Å². The highest BCUT2D eigenvalue weighted by Gasteiger charge is 2.11. The topological polar surface area (TPSA) is 35.3 Å². The number of rotatable bonds is 4. The van der Waals surface area contributed by atoms with Crippen molar-refractivity contribution >= 4 is 22.4 Å². The lowest BCUT2D eigenvalue weighted by atomic mass is 10.1. The molecular weight excluding hydrogens is 274 g/mol. The highest BCUT2D eigenvalue weighted by Crippen LogP contribution is 2.25. The zero-order chi connectivity index (χ0) is 13.9. The van der Waals surface area contributed by atoms with E-state index in [2.05, 4.69) is 29.2 Å². The van der Waals surface area contributed by atoms with Crippen LogP contribution in [0.15, 0.2) is 46.9 Å². The summed E-state index contributed by atoms with van der Waals surface area (Å²) >= 11 is 5.51. The van der Waals surface area contributed by atoms with E-state index in [0.29, 0.717) is 12.5 Å². The standard InChI is InChI=1S/C16H14ClNO2/c1-11-15(9-19-10-17)18-16(20-11)14-7-6-12-4-2-3-5-13(12)8-14/h2-8H,9-10H2,1H3. The summed E-state index contributed by atoms with van der Waals surface area (Å²) in [5, 5.41) is 2.37. The number of fused-ring (bicyclic) bond motifs is 1. The van der Waals surface area contributed by atoms with Crippen molar-refractivity contribution in [3.05, 3.63) is 53.9 Å². The number of oxazole rings is 1. The second-order valence-electron chi connectivity index (χ2n) is 4.54. The molecule has 1 aromatic heterocycles. The molecule has 0 atom stereocenters. The Morgan fingerprint density at radius 3 is 2.75 bits per heavy atom. The first-order valence-electron chi connectivity index (χ1n) is 6.37. The molecule has 2 aromatic carbocycles. The minimum absolute atomic E-state index is 0.150. The molecule has 3 rings (SSSR count). The molecule has 0 spiro atoms. The Morgan fingerprint density at radius 2 is 1.95 bits per heavy atom. The minimum atomic E-state index is 0.150. The Labute approximate surface area is 122 Å². The van der Waals surface area contributed by atoms with Crippen LogP contribution in [0.1, 0.15) is 11.5 Å². The van der Waals surface area contributed by atoms with Gasteiger partial charge in [-0.1, -0.05) is 41.9 Å². The Morgan fingerprint density at radius 1 is 1.15 bits per heavy atom. The molecule has 0 amide bonds. The fourth-order valence-corrected chi connectivity index (χ4v) is 2.22. The van der Waals surface area contributed by atoms with E-state index in [1.54, 1.807) is 0 Å². The number of ether oxygens (including phenoxy) is 1. The van der Waals surface area contributed by atoms with E-state index in [9.17, 15) is 0 Å². The van der Waals surface area contributed by atoms with Crippen molar-refractivity contribution in [2.75, 3.05) is 6.07 Å². The Hall–Kier alpha value is -1.84. The van der Waals surface area contributed by atoms with Gasteiger partial charge in [0, 0.05) is 5.56 Å². The van der Waals surface area contributed by atoms with Crippen molar-refractivity contribution in [3.8, 4) is 11.5 Å². The average molecular weight is 288 g/mol. The molecule has 4 heteroatoms. The van der Waals surface area contributed by atoms with E-state index in [-0.39, 0.29) is 6.07 Å². The number of halogens is 1. The van der Waals surface area contributed by atoms with Crippen molar-refractivity contribution in [2.24, 2.45) is 0 Å². The Kier molecular flexibility index (Phi) is 3.72. The summed E-state index contributed by atoms with van der Waals surface area (Å²) in [7, 11) is 0. The lowest BCUT2D eigenvalue weighted by molar-refractivity contribution is 0.161. The highest BCUT2D eigenvalue weighted by molar-refractivity contribution is 6.17. The lowest BCUT2D eigenvalue weighted by Gasteiger charge is -1.99. The molecule has 1 heterocycles. The van der Waals surface area contributed by atoms with Gasteiger partial charge < -0.3 is 9.15 Å². The molecule has 0 radical (unpaired) electrons. The van der Waals surface area contributed by atoms with E-state index < -0.39 is 0 Å². The van der Waals surface area contributed by atoms with Gasteiger partial charge in [-0.2, -0.15) is 0 Å². The van der Waals surface area contributed by atoms with Gasteiger partial charge in [-0.15, -0.1) is 0 Å². The van der Waals surface area contributed by atoms with Crippen LogP contribution in [-0.2, 0) is 11.3 Å². The molecule has 0 bridgehead atoms. The molecule has 3 aromatic rings. The fourth-order valence-electron chi connectivity index (χ4n) is 2.14. The second-order valence-corrected chi connectivity index (χ2v) is 4.76. The number of hydrogen-bond acceptors (Lipinski definition) is 3. The van der Waals surface area contributed by atoms with Crippen LogP contribution < -0.4 is 0 Å². The lowest BCUT2D eigenvalue weighted by Crippen LogP contribution is -1.92. The van der Waals surface area contributed by atoms with Crippen LogP contribution in [0.3, 0.4) is 0 Å². The molecule has 0 N–H and O–H groups in total. The summed E-state index contributed by atoms with van der Waals surface area (Å²) in [4.78, 5) is 4.47. The third-order valence-corrected chi connectivity index (χ3v) is 3.36. The third-order valence-electron chi connectivity index (χ3n) is 3.21. The first-order chi connectivity index (χ1) is 9.78. The molecule has 0 saturated carbocycles. The van der Waals surface area contributed by atoms with Crippen LogP contribution in [-0.4, -0.2) is 11.1 Å². The zero-order valence-corrected chi connectivity index (χ0v) is 11.9. The van der Waals surface area contributed by atoms with E-state index in [1.807, 2.05) is 25.1 Å². The van der Waals surface area contributed by atoms with Gasteiger partial charge >= 0.3 is 0 Å². The fraction of sp³-hybridized carbons (Fsp3) is 0.188. The van der Waals surface area contributed by atoms with Crippen molar-refractivity contribution in [3.63, 3.8) is 0 Å². The Bertz CT molecular complexity index is 736. The number of benzene rings is 2. The summed E-state index contributed by atoms with van der Waals surface area (Å²) < 4.78 is 10.9. The number of aryl methyl sites for hydroxylation is 1. The van der Waals surface area contributed by atoms with Gasteiger partial charge in [0.15, 0.2) is 0 Å². The predicted octanol–water partition coefficient (Wildman–Crippen LogP) is 4.52. The minimum Gasteiger partial charge on any atom is -0.441 e. The van der Waals surface area contributed by atoms with Crippen molar-refractivity contribution in [1.29, 1.82) is 0 Å². The van der Waals surface area contributed by atoms with Gasteiger partial charge in [0.1, 0.15) is 17.5 Å². The number of hydrogen-bond donors (Lipinski definition) is 0. The van der Waals surface area contributed by atoms with Gasteiger partial charge in [0.05, 0.1) is 6.61 Å². The van der Waals surface area contributed by atoms with Gasteiger partial charge in [0.2, 0.25) is 5.89 Å². The average Bonchev–Trinajstić information content (AvgIpc) is 2.86. The van der Waals surface area contributed by atoms with Crippen LogP contribution in [0.2, 0.25) is 0 Å². The molecule has 0 aliphatic carbocycles. The van der Waals surface area contributed by atoms with Gasteiger partial charge in [-0.25, -0.2) is 4.98 Å². The van der Waals surface area contributed by atoms with E-state index in [0.717, 1.165) is 17.0 Å². The van der Waals surface area contributed by atoms with Gasteiger partial charge in [-0.3, -0.25) is 0 Å². The zero-order valence-electron chi connectivity index (χ0n) is 11.1. The Balaban J connectivity index is 1.98. The van der Waals surface area contributed by atoms with Crippen LogP contribution in [0.5, 0.6) is 0 Å². The maximum Gasteiger partial charge on any atom is 0.226 e. The van der Waals surface area contributed by atoms with E-state index in [1.165, 1.54) is 10.8 Å². The van der Waals surface area contributed by atoms with Crippen LogP contribution >= 0.6 is 11.6 Å². The summed E-state index contributed by atoms with van der Waals surface area (Å²) in [6, 6.07) is 14.5. The predicted molar refractivity (Wildman–Crippen MR) is 79.7 cm³/mol. The molecule has 20 heavy (non-hydrogen) atoms. The van der Waals surface area contributed by atoms with E-state index >= 15 is 0 Å². The van der Waals surface area contributed by atoms with E-state index in [4.69, 9.17) is 20.8 Å². The normalized spacial score (nSPS) is 11.1. The monoisotopic (exact) mass is 287 g/mol. The quantitative estimate of drug-likeness (QED) is 0.662. The summed E-state index contributed by atoms with van der Waals surface area (Å²) in [5.74, 6) is 1.37. The highest BCUT2D eigenvalue weighted by atomic mass is 35.5. The molecule has 3 nitrogen and oxygen atoms in total. The largest absolute Gasteiger partial charge is 0.441 e. The third kappa shape index (κ3) is 2.55. The molecular formula is C16H14ClNO2. The van der Waals surface area contributed by atoms with Crippen LogP contribution in [0.4, 0.5) is 0 Å². The van der Waals surface area contributed by atoms with Gasteiger partial charge in [0.25, 0.3) is 0 Å². The molecule has 0 aliphatic heterocycles.